The van der Waals surface area contributed by atoms with Gasteiger partial charge in [-0.15, -0.1) is 0 Å². The predicted molar refractivity (Wildman–Crippen MR) is 49.7 cm³/mol. The molecule has 1 aromatic carbocycles. The fourth-order valence-electron chi connectivity index (χ4n) is 1.23. The molecule has 0 saturated carbocycles. The van der Waals surface area contributed by atoms with Crippen molar-refractivity contribution in [2.24, 2.45) is 5.73 Å². The van der Waals surface area contributed by atoms with Crippen LogP contribution in [-0.4, -0.2) is 15.4 Å². The Balaban J connectivity index is 2.44. The van der Waals surface area contributed by atoms with Gasteiger partial charge in [-0.2, -0.15) is 15.4 Å². The van der Waals surface area contributed by atoms with E-state index in [1.54, 1.807) is 12.1 Å². The van der Waals surface area contributed by atoms with Crippen molar-refractivity contribution < 1.29 is 4.39 Å². The van der Waals surface area contributed by atoms with Gasteiger partial charge in [0.15, 0.2) is 0 Å². The van der Waals surface area contributed by atoms with Gasteiger partial charge in [-0.3, -0.25) is 0 Å². The summed E-state index contributed by atoms with van der Waals surface area (Å²) in [4.78, 5) is 0. The second-order valence-electron chi connectivity index (χ2n) is 2.83. The highest BCUT2D eigenvalue weighted by Gasteiger charge is 2.07. The summed E-state index contributed by atoms with van der Waals surface area (Å²) in [6.07, 6.45) is 0. The number of halogens is 1. The Labute approximate surface area is 79.9 Å². The third-order valence-corrected chi connectivity index (χ3v) is 1.93. The average Bonchev–Trinajstić information content (AvgIpc) is 2.67. The van der Waals surface area contributed by atoms with Crippen LogP contribution >= 0.6 is 0 Å². The largest absolute Gasteiger partial charge is 0.325 e. The summed E-state index contributed by atoms with van der Waals surface area (Å²) in [5.41, 5.74) is 7.62. The Bertz CT molecular complexity index is 421. The topological polar surface area (TPSA) is 67.6 Å². The zero-order chi connectivity index (χ0) is 9.97. The highest BCUT2D eigenvalue weighted by Crippen LogP contribution is 2.19. The van der Waals surface area contributed by atoms with Crippen molar-refractivity contribution in [2.45, 2.75) is 6.54 Å². The first-order valence-electron chi connectivity index (χ1n) is 4.17. The number of aromatic nitrogens is 3. The van der Waals surface area contributed by atoms with Crippen molar-refractivity contribution in [3.8, 4) is 11.3 Å². The smallest absolute Gasteiger partial charge is 0.123 e. The van der Waals surface area contributed by atoms with Crippen molar-refractivity contribution in [1.82, 2.24) is 15.4 Å². The molecule has 0 aliphatic carbocycles. The van der Waals surface area contributed by atoms with Gasteiger partial charge >= 0.3 is 0 Å². The lowest BCUT2D eigenvalue weighted by Crippen LogP contribution is -1.98. The lowest BCUT2D eigenvalue weighted by atomic mass is 10.1. The number of nitrogens with zero attached hydrogens (tertiary/aromatic N) is 2. The second kappa shape index (κ2) is 3.55. The molecule has 0 spiro atoms. The van der Waals surface area contributed by atoms with Crippen LogP contribution in [0, 0.1) is 5.82 Å². The summed E-state index contributed by atoms with van der Waals surface area (Å²) in [7, 11) is 0. The molecule has 0 unspecified atom stereocenters. The third kappa shape index (κ3) is 1.49. The Kier molecular flexibility index (Phi) is 2.24. The van der Waals surface area contributed by atoms with Crippen molar-refractivity contribution in [2.75, 3.05) is 0 Å². The van der Waals surface area contributed by atoms with Gasteiger partial charge in [-0.1, -0.05) is 0 Å². The molecule has 3 N–H and O–H groups in total. The molecule has 0 aliphatic rings. The van der Waals surface area contributed by atoms with E-state index in [1.807, 2.05) is 0 Å². The zero-order valence-electron chi connectivity index (χ0n) is 7.37. The summed E-state index contributed by atoms with van der Waals surface area (Å²) < 4.78 is 12.6. The molecule has 72 valence electrons. The number of nitrogens with one attached hydrogen (secondary N) is 1. The van der Waals surface area contributed by atoms with Crippen molar-refractivity contribution in [1.29, 1.82) is 0 Å². The third-order valence-electron chi connectivity index (χ3n) is 1.93. The van der Waals surface area contributed by atoms with Crippen LogP contribution in [0.15, 0.2) is 24.3 Å². The second-order valence-corrected chi connectivity index (χ2v) is 2.83. The summed E-state index contributed by atoms with van der Waals surface area (Å²) in [5, 5.41) is 10.3. The normalized spacial score (nSPS) is 10.4. The van der Waals surface area contributed by atoms with E-state index in [0.29, 0.717) is 17.9 Å². The molecule has 0 atom stereocenters. The van der Waals surface area contributed by atoms with Crippen LogP contribution in [0.3, 0.4) is 0 Å². The summed E-state index contributed by atoms with van der Waals surface area (Å²) in [6.45, 7) is 0.309. The molecule has 0 fully saturated rings. The fourth-order valence-corrected chi connectivity index (χ4v) is 1.23. The zero-order valence-corrected chi connectivity index (χ0v) is 7.37. The van der Waals surface area contributed by atoms with Gasteiger partial charge in [0, 0.05) is 12.1 Å². The SMILES string of the molecule is NCc1n[nH]nc1-c1ccc(F)cc1. The highest BCUT2D eigenvalue weighted by molar-refractivity contribution is 5.60. The average molecular weight is 192 g/mol. The summed E-state index contributed by atoms with van der Waals surface area (Å²) in [6, 6.07) is 6.05. The molecule has 5 heteroatoms. The molecule has 0 amide bonds. The molecule has 14 heavy (non-hydrogen) atoms. The standard InChI is InChI=1S/C9H9FN4/c10-7-3-1-6(2-4-7)9-8(5-11)12-14-13-9/h1-4H,5,11H2,(H,12,13,14). The lowest BCUT2D eigenvalue weighted by molar-refractivity contribution is 0.628. The van der Waals surface area contributed by atoms with Crippen molar-refractivity contribution in [3.05, 3.63) is 35.8 Å². The van der Waals surface area contributed by atoms with Gasteiger partial charge < -0.3 is 5.73 Å². The molecule has 0 saturated heterocycles. The molecule has 0 bridgehead atoms. The van der Waals surface area contributed by atoms with E-state index in [9.17, 15) is 4.39 Å². The van der Waals surface area contributed by atoms with Crippen LogP contribution in [0.2, 0.25) is 0 Å². The molecule has 1 aromatic heterocycles. The van der Waals surface area contributed by atoms with E-state index in [4.69, 9.17) is 5.73 Å². The maximum absolute atomic E-state index is 12.6. The van der Waals surface area contributed by atoms with Gasteiger partial charge in [0.1, 0.15) is 17.2 Å². The predicted octanol–water partition coefficient (Wildman–Crippen LogP) is 1.07. The van der Waals surface area contributed by atoms with E-state index < -0.39 is 0 Å². The van der Waals surface area contributed by atoms with Gasteiger partial charge in [0.2, 0.25) is 0 Å². The molecule has 1 heterocycles. The van der Waals surface area contributed by atoms with Gasteiger partial charge in [0.05, 0.1) is 0 Å². The van der Waals surface area contributed by atoms with E-state index in [2.05, 4.69) is 15.4 Å². The molecule has 2 aromatic rings. The lowest BCUT2D eigenvalue weighted by Gasteiger charge is -1.97. The number of rotatable bonds is 2. The van der Waals surface area contributed by atoms with E-state index >= 15 is 0 Å². The Morgan fingerprint density at radius 2 is 1.93 bits per heavy atom. The first-order valence-corrected chi connectivity index (χ1v) is 4.17. The Morgan fingerprint density at radius 3 is 2.57 bits per heavy atom. The van der Waals surface area contributed by atoms with Crippen LogP contribution < -0.4 is 5.73 Å². The first-order chi connectivity index (χ1) is 6.81. The summed E-state index contributed by atoms with van der Waals surface area (Å²) >= 11 is 0. The van der Waals surface area contributed by atoms with Crippen molar-refractivity contribution >= 4 is 0 Å². The molecule has 2 rings (SSSR count). The Morgan fingerprint density at radius 1 is 1.21 bits per heavy atom. The van der Waals surface area contributed by atoms with Gasteiger partial charge in [-0.05, 0) is 24.3 Å². The molecular formula is C9H9FN4. The molecule has 0 aliphatic heterocycles. The minimum atomic E-state index is -0.272. The number of benzene rings is 1. The number of nitrogens with two attached hydrogens (primary N) is 1. The van der Waals surface area contributed by atoms with Gasteiger partial charge in [-0.25, -0.2) is 4.39 Å². The first kappa shape index (κ1) is 8.83. The monoisotopic (exact) mass is 192 g/mol. The minimum Gasteiger partial charge on any atom is -0.325 e. The quantitative estimate of drug-likeness (QED) is 0.747. The van der Waals surface area contributed by atoms with E-state index in [1.165, 1.54) is 12.1 Å². The highest BCUT2D eigenvalue weighted by atomic mass is 19.1. The van der Waals surface area contributed by atoms with Crippen LogP contribution in [0.1, 0.15) is 5.69 Å². The molecular weight excluding hydrogens is 183 g/mol. The van der Waals surface area contributed by atoms with Crippen LogP contribution in [0.25, 0.3) is 11.3 Å². The van der Waals surface area contributed by atoms with Crippen LogP contribution in [-0.2, 0) is 6.54 Å². The fraction of sp³-hybridized carbons (Fsp3) is 0.111. The number of H-pyrrole nitrogens is 1. The molecule has 4 nitrogen and oxygen atoms in total. The Hall–Kier alpha value is -1.75. The molecule has 0 radical (unpaired) electrons. The minimum absolute atomic E-state index is 0.272. The number of aromatic amines is 1. The van der Waals surface area contributed by atoms with E-state index in [-0.39, 0.29) is 5.82 Å². The van der Waals surface area contributed by atoms with Gasteiger partial charge in [0.25, 0.3) is 0 Å². The van der Waals surface area contributed by atoms with Crippen LogP contribution in [0.4, 0.5) is 4.39 Å². The van der Waals surface area contributed by atoms with Crippen LogP contribution in [0.5, 0.6) is 0 Å². The van der Waals surface area contributed by atoms with E-state index in [0.717, 1.165) is 5.56 Å². The maximum atomic E-state index is 12.6. The van der Waals surface area contributed by atoms with Crippen molar-refractivity contribution in [3.63, 3.8) is 0 Å². The number of hydrogen-bond donors (Lipinski definition) is 2. The number of hydrogen-bond acceptors (Lipinski definition) is 3. The summed E-state index contributed by atoms with van der Waals surface area (Å²) in [5.74, 6) is -0.272. The maximum Gasteiger partial charge on any atom is 0.123 e.